The molecule has 0 saturated carbocycles. The second kappa shape index (κ2) is 7.96. The van der Waals surface area contributed by atoms with Gasteiger partial charge >= 0.3 is 0 Å². The molecule has 6 nitrogen and oxygen atoms in total. The van der Waals surface area contributed by atoms with Crippen LogP contribution in [-0.2, 0) is 11.8 Å². The summed E-state index contributed by atoms with van der Waals surface area (Å²) in [7, 11) is 3.34. The Morgan fingerprint density at radius 3 is 2.96 bits per heavy atom. The Bertz CT molecular complexity index is 828. The van der Waals surface area contributed by atoms with Gasteiger partial charge in [0.05, 0.1) is 7.11 Å². The van der Waals surface area contributed by atoms with E-state index in [2.05, 4.69) is 4.99 Å². The highest BCUT2D eigenvalue weighted by molar-refractivity contribution is 7.07. The zero-order valence-electron chi connectivity index (χ0n) is 12.7. The largest absolute Gasteiger partial charge is 0.493 e. The Morgan fingerprint density at radius 2 is 2.30 bits per heavy atom. The van der Waals surface area contributed by atoms with Crippen LogP contribution in [0.2, 0.25) is 0 Å². The minimum atomic E-state index is -0.341. The number of amides is 1. The highest BCUT2D eigenvalue weighted by Crippen LogP contribution is 2.28. The van der Waals surface area contributed by atoms with Crippen LogP contribution < -0.4 is 14.3 Å². The Morgan fingerprint density at radius 1 is 1.48 bits per heavy atom. The second-order valence-electron chi connectivity index (χ2n) is 4.44. The predicted molar refractivity (Wildman–Crippen MR) is 87.0 cm³/mol. The number of benzene rings is 1. The van der Waals surface area contributed by atoms with Crippen LogP contribution in [-0.4, -0.2) is 24.2 Å². The van der Waals surface area contributed by atoms with E-state index in [0.29, 0.717) is 16.3 Å². The molecule has 1 aromatic heterocycles. The number of nitrogens with zero attached hydrogens (tertiary/aromatic N) is 3. The molecule has 0 spiro atoms. The van der Waals surface area contributed by atoms with Gasteiger partial charge in [-0.1, -0.05) is 6.07 Å². The standard InChI is InChI=1S/C16H15N3O3S/c1-19-8-10-23-16(19)18-15(20)6-4-12-3-5-13(22-9-7-17)14(11-12)21-2/h3-6,8,10-11H,9H2,1-2H3/b6-4+,18-16?. The molecule has 0 N–H and O–H groups in total. The van der Waals surface area contributed by atoms with E-state index in [4.69, 9.17) is 14.7 Å². The van der Waals surface area contributed by atoms with Crippen LogP contribution in [0, 0.1) is 11.3 Å². The molecule has 0 bridgehead atoms. The fourth-order valence-electron chi connectivity index (χ4n) is 1.75. The molecule has 0 radical (unpaired) electrons. The maximum absolute atomic E-state index is 11.8. The number of methoxy groups -OCH3 is 1. The summed E-state index contributed by atoms with van der Waals surface area (Å²) < 4.78 is 12.2. The lowest BCUT2D eigenvalue weighted by atomic mass is 10.2. The molecular formula is C16H15N3O3S. The van der Waals surface area contributed by atoms with E-state index < -0.39 is 0 Å². The smallest absolute Gasteiger partial charge is 0.272 e. The molecular weight excluding hydrogens is 314 g/mol. The van der Waals surface area contributed by atoms with E-state index in [1.165, 1.54) is 24.5 Å². The zero-order chi connectivity index (χ0) is 16.7. The second-order valence-corrected chi connectivity index (χ2v) is 5.31. The van der Waals surface area contributed by atoms with Gasteiger partial charge in [0.25, 0.3) is 5.91 Å². The monoisotopic (exact) mass is 329 g/mol. The average Bonchev–Trinajstić information content (AvgIpc) is 2.96. The molecule has 0 fully saturated rings. The van der Waals surface area contributed by atoms with Crippen LogP contribution in [0.25, 0.3) is 6.08 Å². The number of hydrogen-bond acceptors (Lipinski definition) is 5. The molecule has 23 heavy (non-hydrogen) atoms. The summed E-state index contributed by atoms with van der Waals surface area (Å²) in [6, 6.07) is 7.08. The number of hydrogen-bond donors (Lipinski definition) is 0. The summed E-state index contributed by atoms with van der Waals surface area (Å²) in [6.45, 7) is -0.0548. The van der Waals surface area contributed by atoms with E-state index in [-0.39, 0.29) is 12.5 Å². The van der Waals surface area contributed by atoms with Gasteiger partial charge in [-0.3, -0.25) is 4.79 Å². The molecule has 0 atom stereocenters. The SMILES string of the molecule is COc1cc(/C=C/C(=O)N=c2sccn2C)ccc1OCC#N. The van der Waals surface area contributed by atoms with Gasteiger partial charge in [0, 0.05) is 24.7 Å². The van der Waals surface area contributed by atoms with Crippen LogP contribution in [0.5, 0.6) is 11.5 Å². The van der Waals surface area contributed by atoms with Crippen LogP contribution in [0.15, 0.2) is 40.8 Å². The van der Waals surface area contributed by atoms with E-state index in [1.807, 2.05) is 24.7 Å². The molecule has 0 saturated heterocycles. The molecule has 1 amide bonds. The number of carbonyl (C=O) groups is 1. The molecule has 0 unspecified atom stereocenters. The third kappa shape index (κ3) is 4.56. The van der Waals surface area contributed by atoms with Crippen LogP contribution >= 0.6 is 11.3 Å². The normalized spacial score (nSPS) is 11.4. The summed E-state index contributed by atoms with van der Waals surface area (Å²) in [6.07, 6.45) is 4.88. The van der Waals surface area contributed by atoms with Gasteiger partial charge in [-0.2, -0.15) is 10.3 Å². The summed E-state index contributed by atoms with van der Waals surface area (Å²) in [5.41, 5.74) is 0.769. The molecule has 2 aromatic rings. The van der Waals surface area contributed by atoms with Gasteiger partial charge in [0.2, 0.25) is 0 Å². The first kappa shape index (κ1) is 16.5. The Labute approximate surface area is 137 Å². The number of nitriles is 1. The fraction of sp³-hybridized carbons (Fsp3) is 0.188. The topological polar surface area (TPSA) is 76.6 Å². The first-order valence-electron chi connectivity index (χ1n) is 6.68. The minimum absolute atomic E-state index is 0.0548. The van der Waals surface area contributed by atoms with Gasteiger partial charge in [-0.05, 0) is 23.8 Å². The van der Waals surface area contributed by atoms with Gasteiger partial charge < -0.3 is 14.0 Å². The Hall–Kier alpha value is -2.85. The number of carbonyl (C=O) groups excluding carboxylic acids is 1. The maximum atomic E-state index is 11.8. The Balaban J connectivity index is 2.15. The predicted octanol–water partition coefficient (Wildman–Crippen LogP) is 2.14. The van der Waals surface area contributed by atoms with Gasteiger partial charge in [0.1, 0.15) is 6.07 Å². The molecule has 0 aliphatic heterocycles. The first-order chi connectivity index (χ1) is 11.1. The van der Waals surface area contributed by atoms with E-state index in [0.717, 1.165) is 5.56 Å². The van der Waals surface area contributed by atoms with Crippen LogP contribution in [0.3, 0.4) is 0 Å². The summed E-state index contributed by atoms with van der Waals surface area (Å²) in [5.74, 6) is 0.635. The van der Waals surface area contributed by atoms with Crippen molar-refractivity contribution in [3.05, 3.63) is 46.2 Å². The third-order valence-electron chi connectivity index (χ3n) is 2.86. The quantitative estimate of drug-likeness (QED) is 0.788. The van der Waals surface area contributed by atoms with Crippen LogP contribution in [0.4, 0.5) is 0 Å². The zero-order valence-corrected chi connectivity index (χ0v) is 13.5. The lowest BCUT2D eigenvalue weighted by Gasteiger charge is -2.08. The molecule has 0 aliphatic rings. The average molecular weight is 329 g/mol. The number of thiazole rings is 1. The van der Waals surface area contributed by atoms with Crippen LogP contribution in [0.1, 0.15) is 5.56 Å². The summed E-state index contributed by atoms with van der Waals surface area (Å²) >= 11 is 1.39. The molecule has 7 heteroatoms. The molecule has 1 heterocycles. The van der Waals surface area contributed by atoms with Crippen molar-refractivity contribution in [1.29, 1.82) is 5.26 Å². The molecule has 0 aliphatic carbocycles. The highest BCUT2D eigenvalue weighted by atomic mass is 32.1. The van der Waals surface area contributed by atoms with Crippen molar-refractivity contribution in [3.8, 4) is 17.6 Å². The molecule has 118 valence electrons. The van der Waals surface area contributed by atoms with Crippen molar-refractivity contribution >= 4 is 23.3 Å². The van der Waals surface area contributed by atoms with Crippen molar-refractivity contribution in [2.45, 2.75) is 0 Å². The Kier molecular flexibility index (Phi) is 5.72. The van der Waals surface area contributed by atoms with E-state index >= 15 is 0 Å². The van der Waals surface area contributed by atoms with Crippen molar-refractivity contribution < 1.29 is 14.3 Å². The van der Waals surface area contributed by atoms with E-state index in [9.17, 15) is 4.79 Å². The van der Waals surface area contributed by atoms with E-state index in [1.54, 1.807) is 28.8 Å². The van der Waals surface area contributed by atoms with Crippen molar-refractivity contribution in [2.24, 2.45) is 12.0 Å². The number of aromatic nitrogens is 1. The lowest BCUT2D eigenvalue weighted by molar-refractivity contribution is -0.113. The first-order valence-corrected chi connectivity index (χ1v) is 7.56. The minimum Gasteiger partial charge on any atom is -0.493 e. The third-order valence-corrected chi connectivity index (χ3v) is 3.71. The van der Waals surface area contributed by atoms with Crippen molar-refractivity contribution in [2.75, 3.05) is 13.7 Å². The fourth-order valence-corrected chi connectivity index (χ4v) is 2.49. The van der Waals surface area contributed by atoms with Crippen molar-refractivity contribution in [3.63, 3.8) is 0 Å². The number of rotatable bonds is 5. The number of ether oxygens (including phenoxy) is 2. The summed E-state index contributed by atoms with van der Waals surface area (Å²) in [5, 5.41) is 10.4. The van der Waals surface area contributed by atoms with Gasteiger partial charge in [-0.25, -0.2) is 0 Å². The molecule has 2 rings (SSSR count). The maximum Gasteiger partial charge on any atom is 0.272 e. The van der Waals surface area contributed by atoms with Crippen molar-refractivity contribution in [1.82, 2.24) is 4.57 Å². The lowest BCUT2D eigenvalue weighted by Crippen LogP contribution is -2.11. The highest BCUT2D eigenvalue weighted by Gasteiger charge is 2.04. The van der Waals surface area contributed by atoms with Gasteiger partial charge in [0.15, 0.2) is 22.9 Å². The number of aryl methyl sites for hydroxylation is 1. The van der Waals surface area contributed by atoms with Gasteiger partial charge in [-0.15, -0.1) is 11.3 Å². The molecule has 1 aromatic carbocycles. The summed E-state index contributed by atoms with van der Waals surface area (Å²) in [4.78, 5) is 16.5.